The van der Waals surface area contributed by atoms with Crippen molar-refractivity contribution < 1.29 is 20.1 Å². The molecule has 0 fully saturated rings. The zero-order valence-corrected chi connectivity index (χ0v) is 5.11. The van der Waals surface area contributed by atoms with E-state index in [0.29, 0.717) is 0 Å². The van der Waals surface area contributed by atoms with Gasteiger partial charge >= 0.3 is 5.97 Å². The van der Waals surface area contributed by atoms with Gasteiger partial charge in [0.1, 0.15) is 0 Å². The number of aliphatic hydroxyl groups is 2. The third kappa shape index (κ3) is 2.43. The molecule has 0 radical (unpaired) electrons. The lowest BCUT2D eigenvalue weighted by atomic mass is 10.1. The summed E-state index contributed by atoms with van der Waals surface area (Å²) in [4.78, 5) is 9.94. The van der Waals surface area contributed by atoms with E-state index in [9.17, 15) is 4.79 Å². The Balaban J connectivity index is 3.72. The first-order valence-corrected chi connectivity index (χ1v) is 2.61. The number of hydrogen-bond acceptors (Lipinski definition) is 3. The lowest BCUT2D eigenvalue weighted by Gasteiger charge is -2.10. The summed E-state index contributed by atoms with van der Waals surface area (Å²) in [5.41, 5.74) is 0. The molecule has 0 aromatic carbocycles. The molecule has 0 aliphatic heterocycles. The lowest BCUT2D eigenvalue weighted by molar-refractivity contribution is -0.150. The molecule has 9 heavy (non-hydrogen) atoms. The van der Waals surface area contributed by atoms with Gasteiger partial charge in [0.2, 0.25) is 0 Å². The van der Waals surface area contributed by atoms with Gasteiger partial charge in [0.25, 0.3) is 0 Å². The fraction of sp³-hybridized carbons (Fsp3) is 0.800. The number of carboxylic acid groups (broad SMARTS) is 1. The summed E-state index contributed by atoms with van der Waals surface area (Å²) in [6, 6.07) is 0. The normalized spacial score (nSPS) is 16.8. The van der Waals surface area contributed by atoms with Crippen LogP contribution in [-0.2, 0) is 4.79 Å². The first-order chi connectivity index (χ1) is 4.09. The molecule has 0 bridgehead atoms. The van der Waals surface area contributed by atoms with Gasteiger partial charge in [-0.25, -0.2) is 4.79 Å². The van der Waals surface area contributed by atoms with Crippen LogP contribution in [0.5, 0.6) is 0 Å². The van der Waals surface area contributed by atoms with Crippen molar-refractivity contribution >= 4 is 5.97 Å². The number of carbonyl (C=O) groups is 1. The van der Waals surface area contributed by atoms with Crippen LogP contribution < -0.4 is 0 Å². The van der Waals surface area contributed by atoms with Gasteiger partial charge in [0.15, 0.2) is 6.10 Å². The Bertz CT molecular complexity index is 101. The minimum absolute atomic E-state index is 0.312. The van der Waals surface area contributed by atoms with Gasteiger partial charge < -0.3 is 15.3 Å². The molecule has 0 rings (SSSR count). The van der Waals surface area contributed by atoms with Crippen LogP contribution in [-0.4, -0.2) is 34.0 Å². The topological polar surface area (TPSA) is 77.8 Å². The van der Waals surface area contributed by atoms with Crippen LogP contribution in [0, 0.1) is 5.92 Å². The van der Waals surface area contributed by atoms with Gasteiger partial charge in [-0.15, -0.1) is 0 Å². The molecule has 0 spiro atoms. The third-order valence-electron chi connectivity index (χ3n) is 1.08. The molecule has 0 saturated heterocycles. The van der Waals surface area contributed by atoms with Crippen LogP contribution in [0.15, 0.2) is 0 Å². The lowest BCUT2D eigenvalue weighted by Crippen LogP contribution is -2.29. The molecule has 0 aromatic rings. The van der Waals surface area contributed by atoms with E-state index < -0.39 is 18.0 Å². The van der Waals surface area contributed by atoms with Gasteiger partial charge in [0, 0.05) is 12.5 Å². The van der Waals surface area contributed by atoms with Crippen LogP contribution in [0.3, 0.4) is 0 Å². The standard InChI is InChI=1S/C5H10O4/c1-3(2-6)4(7)5(8)9/h3-4,6-7H,2H2,1H3,(H,8,9). The van der Waals surface area contributed by atoms with E-state index in [0.717, 1.165) is 0 Å². The van der Waals surface area contributed by atoms with Crippen molar-refractivity contribution in [1.29, 1.82) is 0 Å². The van der Waals surface area contributed by atoms with Crippen molar-refractivity contribution in [3.63, 3.8) is 0 Å². The van der Waals surface area contributed by atoms with E-state index in [2.05, 4.69) is 0 Å². The maximum absolute atomic E-state index is 9.94. The van der Waals surface area contributed by atoms with Crippen molar-refractivity contribution in [1.82, 2.24) is 0 Å². The molecule has 0 aromatic heterocycles. The van der Waals surface area contributed by atoms with Crippen molar-refractivity contribution in [3.05, 3.63) is 0 Å². The summed E-state index contributed by atoms with van der Waals surface area (Å²) in [6.45, 7) is 1.15. The van der Waals surface area contributed by atoms with Crippen molar-refractivity contribution in [2.45, 2.75) is 13.0 Å². The number of hydrogen-bond donors (Lipinski definition) is 3. The monoisotopic (exact) mass is 134 g/mol. The SMILES string of the molecule is CC(CO)C(O)C(=O)O. The first-order valence-electron chi connectivity index (χ1n) is 2.61. The second-order valence-electron chi connectivity index (χ2n) is 1.94. The van der Waals surface area contributed by atoms with Gasteiger partial charge in [-0.05, 0) is 0 Å². The fourth-order valence-electron chi connectivity index (χ4n) is 0.343. The molecular weight excluding hydrogens is 124 g/mol. The number of carboxylic acids is 1. The van der Waals surface area contributed by atoms with Gasteiger partial charge in [-0.3, -0.25) is 0 Å². The Kier molecular flexibility index (Phi) is 3.19. The summed E-state index contributed by atoms with van der Waals surface area (Å²) in [5, 5.41) is 25.1. The third-order valence-corrected chi connectivity index (χ3v) is 1.08. The molecule has 2 unspecified atom stereocenters. The van der Waals surface area contributed by atoms with Gasteiger partial charge in [0.05, 0.1) is 0 Å². The quantitative estimate of drug-likeness (QED) is 0.465. The zero-order valence-electron chi connectivity index (χ0n) is 5.11. The highest BCUT2D eigenvalue weighted by Crippen LogP contribution is 2.00. The van der Waals surface area contributed by atoms with Crippen molar-refractivity contribution in [2.75, 3.05) is 6.61 Å². The Labute approximate surface area is 52.7 Å². The van der Waals surface area contributed by atoms with E-state index in [1.54, 1.807) is 0 Å². The van der Waals surface area contributed by atoms with E-state index in [1.807, 2.05) is 0 Å². The van der Waals surface area contributed by atoms with E-state index in [4.69, 9.17) is 15.3 Å². The predicted octanol–water partition coefficient (Wildman–Crippen LogP) is -0.940. The molecule has 0 saturated carbocycles. The van der Waals surface area contributed by atoms with E-state index in [-0.39, 0.29) is 6.61 Å². The number of aliphatic carboxylic acids is 1. The van der Waals surface area contributed by atoms with Crippen LogP contribution in [0.1, 0.15) is 6.92 Å². The Morgan fingerprint density at radius 2 is 2.11 bits per heavy atom. The fourth-order valence-corrected chi connectivity index (χ4v) is 0.343. The van der Waals surface area contributed by atoms with Crippen LogP contribution in [0.4, 0.5) is 0 Å². The number of aliphatic hydroxyl groups excluding tert-OH is 2. The number of rotatable bonds is 3. The summed E-state index contributed by atoms with van der Waals surface area (Å²) >= 11 is 0. The molecule has 0 aliphatic carbocycles. The van der Waals surface area contributed by atoms with Gasteiger partial charge in [-0.2, -0.15) is 0 Å². The molecule has 0 amide bonds. The van der Waals surface area contributed by atoms with E-state index >= 15 is 0 Å². The molecule has 4 heteroatoms. The average Bonchev–Trinajstić information content (AvgIpc) is 1.84. The molecule has 3 N–H and O–H groups in total. The Morgan fingerprint density at radius 3 is 2.22 bits per heavy atom. The smallest absolute Gasteiger partial charge is 0.332 e. The molecule has 0 heterocycles. The maximum atomic E-state index is 9.94. The predicted molar refractivity (Wildman–Crippen MR) is 29.9 cm³/mol. The highest BCUT2D eigenvalue weighted by Gasteiger charge is 2.19. The Hall–Kier alpha value is -0.610. The maximum Gasteiger partial charge on any atom is 0.332 e. The Morgan fingerprint density at radius 1 is 1.67 bits per heavy atom. The van der Waals surface area contributed by atoms with Crippen molar-refractivity contribution in [2.24, 2.45) is 5.92 Å². The summed E-state index contributed by atoms with van der Waals surface area (Å²) in [7, 11) is 0. The highest BCUT2D eigenvalue weighted by molar-refractivity contribution is 5.72. The van der Waals surface area contributed by atoms with Gasteiger partial charge in [-0.1, -0.05) is 6.92 Å². The summed E-state index contributed by atoms with van der Waals surface area (Å²) < 4.78 is 0. The van der Waals surface area contributed by atoms with Crippen LogP contribution in [0.2, 0.25) is 0 Å². The molecular formula is C5H10O4. The summed E-state index contributed by atoms with van der Waals surface area (Å²) in [5.74, 6) is -1.89. The zero-order chi connectivity index (χ0) is 7.44. The second-order valence-corrected chi connectivity index (χ2v) is 1.94. The molecule has 54 valence electrons. The second kappa shape index (κ2) is 3.42. The summed E-state index contributed by atoms with van der Waals surface area (Å²) in [6.07, 6.45) is -1.45. The highest BCUT2D eigenvalue weighted by atomic mass is 16.4. The van der Waals surface area contributed by atoms with Crippen LogP contribution in [0.25, 0.3) is 0 Å². The minimum atomic E-state index is -1.45. The van der Waals surface area contributed by atoms with Crippen LogP contribution >= 0.6 is 0 Å². The minimum Gasteiger partial charge on any atom is -0.479 e. The molecule has 2 atom stereocenters. The molecule has 4 nitrogen and oxygen atoms in total. The first kappa shape index (κ1) is 8.39. The van der Waals surface area contributed by atoms with Crippen molar-refractivity contribution in [3.8, 4) is 0 Å². The molecule has 0 aliphatic rings. The largest absolute Gasteiger partial charge is 0.479 e. The average molecular weight is 134 g/mol. The van der Waals surface area contributed by atoms with E-state index in [1.165, 1.54) is 6.92 Å².